The van der Waals surface area contributed by atoms with Crippen molar-refractivity contribution in [3.63, 3.8) is 0 Å². The number of aryl methyl sites for hydroxylation is 2. The summed E-state index contributed by atoms with van der Waals surface area (Å²) < 4.78 is 2.75. The summed E-state index contributed by atoms with van der Waals surface area (Å²) in [5.41, 5.74) is 0.655. The summed E-state index contributed by atoms with van der Waals surface area (Å²) in [5, 5.41) is 24.3. The lowest BCUT2D eigenvalue weighted by atomic mass is 10.2. The van der Waals surface area contributed by atoms with Gasteiger partial charge in [-0.1, -0.05) is 0 Å². The van der Waals surface area contributed by atoms with Gasteiger partial charge in [0, 0.05) is 14.0 Å². The summed E-state index contributed by atoms with van der Waals surface area (Å²) >= 11 is 0. The Morgan fingerprint density at radius 2 is 1.95 bits per heavy atom. The highest BCUT2D eigenvalue weighted by Gasteiger charge is 2.29. The maximum absolute atomic E-state index is 11.2. The highest BCUT2D eigenvalue weighted by atomic mass is 16.6. The fourth-order valence-corrected chi connectivity index (χ4v) is 2.10. The number of nitro groups is 1. The average molecular weight is 279 g/mol. The van der Waals surface area contributed by atoms with Crippen molar-refractivity contribution in [3.8, 4) is 5.82 Å². The lowest BCUT2D eigenvalue weighted by Gasteiger charge is -2.04. The van der Waals surface area contributed by atoms with Gasteiger partial charge in [0.25, 0.3) is 0 Å². The molecule has 0 saturated heterocycles. The van der Waals surface area contributed by atoms with Crippen molar-refractivity contribution in [2.45, 2.75) is 20.8 Å². The van der Waals surface area contributed by atoms with Crippen LogP contribution in [0.4, 0.5) is 5.82 Å². The van der Waals surface area contributed by atoms with Gasteiger partial charge in [0.1, 0.15) is 5.56 Å². The zero-order valence-electron chi connectivity index (χ0n) is 11.4. The Morgan fingerprint density at radius 3 is 2.40 bits per heavy atom. The second kappa shape index (κ2) is 4.44. The quantitative estimate of drug-likeness (QED) is 0.665. The van der Waals surface area contributed by atoms with Crippen LogP contribution in [0.5, 0.6) is 0 Å². The molecule has 0 amide bonds. The van der Waals surface area contributed by atoms with Crippen molar-refractivity contribution in [3.05, 3.63) is 32.9 Å². The molecule has 0 spiro atoms. The number of carboxylic acid groups (broad SMARTS) is 1. The molecule has 2 heterocycles. The van der Waals surface area contributed by atoms with E-state index in [-0.39, 0.29) is 17.2 Å². The summed E-state index contributed by atoms with van der Waals surface area (Å²) in [6.45, 7) is 4.72. The van der Waals surface area contributed by atoms with E-state index in [0.717, 1.165) is 0 Å². The zero-order valence-corrected chi connectivity index (χ0v) is 11.4. The smallest absolute Gasteiger partial charge is 0.409 e. The first kappa shape index (κ1) is 13.7. The number of rotatable bonds is 3. The Bertz CT molecular complexity index is 728. The molecule has 9 heteroatoms. The molecule has 0 aromatic carbocycles. The summed E-state index contributed by atoms with van der Waals surface area (Å²) in [6, 6.07) is 0. The molecule has 0 radical (unpaired) electrons. The normalized spacial score (nSPS) is 10.8. The number of nitrogens with zero attached hydrogens (tertiary/aromatic N) is 5. The van der Waals surface area contributed by atoms with Crippen molar-refractivity contribution in [2.24, 2.45) is 7.05 Å². The minimum Gasteiger partial charge on any atom is -0.478 e. The fourth-order valence-electron chi connectivity index (χ4n) is 2.10. The molecule has 0 bridgehead atoms. The van der Waals surface area contributed by atoms with Crippen LogP contribution in [0.15, 0.2) is 0 Å². The van der Waals surface area contributed by atoms with E-state index in [0.29, 0.717) is 17.2 Å². The van der Waals surface area contributed by atoms with Crippen molar-refractivity contribution in [1.82, 2.24) is 19.3 Å². The molecule has 0 aliphatic carbocycles. The molecule has 2 rings (SSSR count). The van der Waals surface area contributed by atoms with Gasteiger partial charge in [-0.05, 0) is 23.8 Å². The molecule has 106 valence electrons. The first-order valence-corrected chi connectivity index (χ1v) is 5.73. The van der Waals surface area contributed by atoms with E-state index in [1.54, 1.807) is 27.8 Å². The molecule has 0 atom stereocenters. The van der Waals surface area contributed by atoms with Crippen LogP contribution in [0.2, 0.25) is 0 Å². The Morgan fingerprint density at radius 1 is 1.35 bits per heavy atom. The number of hydrogen-bond donors (Lipinski definition) is 1. The van der Waals surface area contributed by atoms with Crippen LogP contribution in [-0.4, -0.2) is 35.3 Å². The van der Waals surface area contributed by atoms with Gasteiger partial charge in [-0.25, -0.2) is 9.48 Å². The molecule has 2 aromatic rings. The lowest BCUT2D eigenvalue weighted by Crippen LogP contribution is -2.09. The summed E-state index contributed by atoms with van der Waals surface area (Å²) in [7, 11) is 1.61. The highest BCUT2D eigenvalue weighted by molar-refractivity contribution is 5.90. The minimum absolute atomic E-state index is 0.0400. The van der Waals surface area contributed by atoms with Crippen molar-refractivity contribution < 1.29 is 14.8 Å². The van der Waals surface area contributed by atoms with Gasteiger partial charge in [0.05, 0.1) is 11.4 Å². The van der Waals surface area contributed by atoms with Crippen LogP contribution in [-0.2, 0) is 7.05 Å². The van der Waals surface area contributed by atoms with E-state index in [9.17, 15) is 14.9 Å². The second-order valence-electron chi connectivity index (χ2n) is 4.39. The average Bonchev–Trinajstić information content (AvgIpc) is 2.78. The Kier molecular flexibility index (Phi) is 3.04. The number of carboxylic acids is 1. The third kappa shape index (κ3) is 1.83. The Balaban J connectivity index is 2.79. The predicted octanol–water partition coefficient (Wildman–Crippen LogP) is 1.14. The SMILES string of the molecule is Cc1nn(-c2c([N+](=O)[O-])nc(C)n2C)c(C)c1C(=O)O. The molecule has 20 heavy (non-hydrogen) atoms. The minimum atomic E-state index is -1.12. The summed E-state index contributed by atoms with van der Waals surface area (Å²) in [4.78, 5) is 25.5. The summed E-state index contributed by atoms with van der Waals surface area (Å²) in [5.74, 6) is -0.892. The number of aromatic nitrogens is 4. The van der Waals surface area contributed by atoms with Gasteiger partial charge in [0.15, 0.2) is 0 Å². The van der Waals surface area contributed by atoms with Crippen LogP contribution in [0.1, 0.15) is 27.6 Å². The standard InChI is InChI=1S/C11H13N5O4/c1-5-8(11(17)18)6(2)15(13-5)10-9(16(19)20)12-7(3)14(10)4/h1-4H3,(H,17,18). The van der Waals surface area contributed by atoms with Gasteiger partial charge in [-0.3, -0.25) is 4.57 Å². The van der Waals surface area contributed by atoms with Crippen molar-refractivity contribution in [1.29, 1.82) is 0 Å². The van der Waals surface area contributed by atoms with Crippen LogP contribution >= 0.6 is 0 Å². The third-order valence-electron chi connectivity index (χ3n) is 3.15. The third-order valence-corrected chi connectivity index (χ3v) is 3.15. The van der Waals surface area contributed by atoms with E-state index < -0.39 is 10.9 Å². The first-order valence-electron chi connectivity index (χ1n) is 5.73. The lowest BCUT2D eigenvalue weighted by molar-refractivity contribution is -0.389. The number of hydrogen-bond acceptors (Lipinski definition) is 5. The molecule has 0 saturated carbocycles. The van der Waals surface area contributed by atoms with Crippen LogP contribution in [0, 0.1) is 30.9 Å². The molecule has 0 unspecified atom stereocenters. The van der Waals surface area contributed by atoms with Gasteiger partial charge in [-0.15, -0.1) is 0 Å². The molecule has 0 aliphatic heterocycles. The Labute approximate surface area is 113 Å². The first-order chi connectivity index (χ1) is 9.25. The van der Waals surface area contributed by atoms with E-state index in [1.165, 1.54) is 9.25 Å². The van der Waals surface area contributed by atoms with Crippen LogP contribution in [0.25, 0.3) is 5.82 Å². The predicted molar refractivity (Wildman–Crippen MR) is 68.2 cm³/mol. The van der Waals surface area contributed by atoms with Crippen LogP contribution in [0.3, 0.4) is 0 Å². The molecular weight excluding hydrogens is 266 g/mol. The molecule has 0 aliphatic rings. The summed E-state index contributed by atoms with van der Waals surface area (Å²) in [6.07, 6.45) is 0. The van der Waals surface area contributed by atoms with Crippen LogP contribution < -0.4 is 0 Å². The number of aromatic carboxylic acids is 1. The highest BCUT2D eigenvalue weighted by Crippen LogP contribution is 2.25. The molecule has 0 fully saturated rings. The monoisotopic (exact) mass is 279 g/mol. The molecular formula is C11H13N5O4. The van der Waals surface area contributed by atoms with Gasteiger partial charge >= 0.3 is 11.8 Å². The fraction of sp³-hybridized carbons (Fsp3) is 0.364. The molecule has 1 N–H and O–H groups in total. The van der Waals surface area contributed by atoms with Gasteiger partial charge in [-0.2, -0.15) is 5.10 Å². The van der Waals surface area contributed by atoms with E-state index >= 15 is 0 Å². The number of carbonyl (C=O) groups is 1. The second-order valence-corrected chi connectivity index (χ2v) is 4.39. The van der Waals surface area contributed by atoms with E-state index in [1.807, 2.05) is 0 Å². The van der Waals surface area contributed by atoms with E-state index in [2.05, 4.69) is 10.1 Å². The van der Waals surface area contributed by atoms with Crippen molar-refractivity contribution in [2.75, 3.05) is 0 Å². The maximum atomic E-state index is 11.2. The van der Waals surface area contributed by atoms with Crippen molar-refractivity contribution >= 4 is 11.8 Å². The topological polar surface area (TPSA) is 116 Å². The Hall–Kier alpha value is -2.71. The molecule has 2 aromatic heterocycles. The maximum Gasteiger partial charge on any atom is 0.409 e. The van der Waals surface area contributed by atoms with Gasteiger partial charge in [0.2, 0.25) is 11.6 Å². The largest absolute Gasteiger partial charge is 0.478 e. The molecule has 9 nitrogen and oxygen atoms in total. The van der Waals surface area contributed by atoms with Gasteiger partial charge < -0.3 is 15.2 Å². The number of imidazole rings is 1. The van der Waals surface area contributed by atoms with E-state index in [4.69, 9.17) is 5.11 Å². The zero-order chi connectivity index (χ0) is 15.2.